The van der Waals surface area contributed by atoms with Crippen molar-refractivity contribution in [1.29, 1.82) is 0 Å². The predicted molar refractivity (Wildman–Crippen MR) is 135 cm³/mol. The maximum Gasteiger partial charge on any atom is 0.283 e. The van der Waals surface area contributed by atoms with Gasteiger partial charge in [0.05, 0.1) is 15.7 Å². The van der Waals surface area contributed by atoms with Crippen molar-refractivity contribution in [1.82, 2.24) is 9.80 Å². The van der Waals surface area contributed by atoms with Crippen LogP contribution in [0.4, 0.5) is 11.4 Å². The van der Waals surface area contributed by atoms with Gasteiger partial charge in [0.2, 0.25) is 0 Å². The molecule has 0 unspecified atom stereocenters. The Bertz CT molecular complexity index is 1190. The molecule has 2 heterocycles. The minimum Gasteiger partial charge on any atom is -0.350 e. The Labute approximate surface area is 212 Å². The fraction of sp³-hybridized carbons (Fsp3) is 0.292. The van der Waals surface area contributed by atoms with Gasteiger partial charge in [-0.05, 0) is 69.4 Å². The van der Waals surface area contributed by atoms with Crippen LogP contribution in [0.3, 0.4) is 0 Å². The Balaban J connectivity index is 1.52. The standard InChI is InChI=1S/C24H23Cl3N4O3/c1-29-10-8-16(9-11-29)30(2)22(32)14-4-3-5-15(12-14)28-21-20(27)23(33)31(24(21)34)17-6-7-18(25)19(26)13-17/h3-7,12-13,16,28H,8-11H2,1-2H3. The molecular weight excluding hydrogens is 499 g/mol. The summed E-state index contributed by atoms with van der Waals surface area (Å²) < 4.78 is 0. The normalized spacial score (nSPS) is 17.5. The monoisotopic (exact) mass is 520 g/mol. The highest BCUT2D eigenvalue weighted by molar-refractivity contribution is 6.53. The minimum absolute atomic E-state index is 0.0778. The van der Waals surface area contributed by atoms with E-state index >= 15 is 0 Å². The van der Waals surface area contributed by atoms with E-state index in [1.165, 1.54) is 18.2 Å². The van der Waals surface area contributed by atoms with E-state index in [0.29, 0.717) is 16.3 Å². The molecule has 7 nitrogen and oxygen atoms in total. The largest absolute Gasteiger partial charge is 0.350 e. The van der Waals surface area contributed by atoms with E-state index in [9.17, 15) is 14.4 Å². The topological polar surface area (TPSA) is 73.0 Å². The first kappa shape index (κ1) is 24.5. The lowest BCUT2D eigenvalue weighted by molar-refractivity contribution is -0.120. The molecule has 0 atom stereocenters. The molecule has 2 aliphatic heterocycles. The minimum atomic E-state index is -0.679. The number of rotatable bonds is 5. The molecular formula is C24H23Cl3N4O3. The van der Waals surface area contributed by atoms with E-state index in [1.807, 2.05) is 7.05 Å². The lowest BCUT2D eigenvalue weighted by Gasteiger charge is -2.35. The third kappa shape index (κ3) is 4.79. The third-order valence-corrected chi connectivity index (χ3v) is 7.21. The molecule has 0 radical (unpaired) electrons. The molecule has 2 aromatic carbocycles. The van der Waals surface area contributed by atoms with Crippen molar-refractivity contribution in [3.8, 4) is 0 Å². The molecule has 0 bridgehead atoms. The van der Waals surface area contributed by atoms with Gasteiger partial charge in [-0.1, -0.05) is 40.9 Å². The number of amides is 3. The Hall–Kier alpha value is -2.58. The molecule has 3 amide bonds. The van der Waals surface area contributed by atoms with Crippen molar-refractivity contribution in [3.63, 3.8) is 0 Å². The van der Waals surface area contributed by atoms with Crippen LogP contribution in [0.2, 0.25) is 10.0 Å². The van der Waals surface area contributed by atoms with Gasteiger partial charge < -0.3 is 15.1 Å². The van der Waals surface area contributed by atoms with Crippen molar-refractivity contribution < 1.29 is 14.4 Å². The quantitative estimate of drug-likeness (QED) is 0.583. The Morgan fingerprint density at radius 1 is 1.00 bits per heavy atom. The molecule has 1 saturated heterocycles. The Kier molecular flexibility index (Phi) is 7.19. The predicted octanol–water partition coefficient (Wildman–Crippen LogP) is 4.60. The molecule has 0 aromatic heterocycles. The van der Waals surface area contributed by atoms with Crippen LogP contribution in [0.15, 0.2) is 53.2 Å². The van der Waals surface area contributed by atoms with Crippen molar-refractivity contribution in [2.24, 2.45) is 0 Å². The second kappa shape index (κ2) is 9.96. The number of nitrogens with one attached hydrogen (secondary N) is 1. The van der Waals surface area contributed by atoms with Gasteiger partial charge in [0.25, 0.3) is 17.7 Å². The van der Waals surface area contributed by atoms with Gasteiger partial charge in [-0.15, -0.1) is 0 Å². The van der Waals surface area contributed by atoms with Crippen LogP contribution in [-0.2, 0) is 9.59 Å². The fourth-order valence-electron chi connectivity index (χ4n) is 4.10. The van der Waals surface area contributed by atoms with Crippen LogP contribution in [-0.4, -0.2) is 60.7 Å². The van der Waals surface area contributed by atoms with Crippen LogP contribution in [0.25, 0.3) is 0 Å². The summed E-state index contributed by atoms with van der Waals surface area (Å²) in [5, 5.41) is 3.17. The summed E-state index contributed by atoms with van der Waals surface area (Å²) in [4.78, 5) is 43.8. The van der Waals surface area contributed by atoms with Crippen LogP contribution in [0.5, 0.6) is 0 Å². The SMILES string of the molecule is CN1CCC(N(C)C(=O)c2cccc(NC3=C(Cl)C(=O)N(c4ccc(Cl)c(Cl)c4)C3=O)c2)CC1. The highest BCUT2D eigenvalue weighted by Crippen LogP contribution is 2.33. The van der Waals surface area contributed by atoms with E-state index in [2.05, 4.69) is 17.3 Å². The molecule has 2 aliphatic rings. The van der Waals surface area contributed by atoms with Gasteiger partial charge in [-0.2, -0.15) is 0 Å². The number of hydrogen-bond acceptors (Lipinski definition) is 5. The lowest BCUT2D eigenvalue weighted by atomic mass is 10.0. The smallest absolute Gasteiger partial charge is 0.283 e. The fourth-order valence-corrected chi connectivity index (χ4v) is 4.60. The number of nitrogens with zero attached hydrogens (tertiary/aromatic N) is 3. The van der Waals surface area contributed by atoms with Crippen LogP contribution in [0.1, 0.15) is 23.2 Å². The average molecular weight is 522 g/mol. The zero-order valence-corrected chi connectivity index (χ0v) is 20.9. The Morgan fingerprint density at radius 3 is 2.38 bits per heavy atom. The van der Waals surface area contributed by atoms with Gasteiger partial charge >= 0.3 is 0 Å². The molecule has 0 saturated carbocycles. The number of imide groups is 1. The van der Waals surface area contributed by atoms with Gasteiger partial charge in [-0.25, -0.2) is 4.90 Å². The lowest BCUT2D eigenvalue weighted by Crippen LogP contribution is -2.44. The summed E-state index contributed by atoms with van der Waals surface area (Å²) >= 11 is 18.2. The molecule has 34 heavy (non-hydrogen) atoms. The third-order valence-electron chi connectivity index (χ3n) is 6.12. The Morgan fingerprint density at radius 2 is 1.71 bits per heavy atom. The van der Waals surface area contributed by atoms with Crippen molar-refractivity contribution >= 4 is 63.9 Å². The van der Waals surface area contributed by atoms with E-state index in [4.69, 9.17) is 34.8 Å². The molecule has 0 spiro atoms. The maximum absolute atomic E-state index is 13.1. The molecule has 2 aromatic rings. The molecule has 1 fully saturated rings. The number of anilines is 2. The van der Waals surface area contributed by atoms with Gasteiger partial charge in [0.15, 0.2) is 0 Å². The zero-order valence-electron chi connectivity index (χ0n) is 18.6. The van der Waals surface area contributed by atoms with E-state index < -0.39 is 11.8 Å². The average Bonchev–Trinajstić information content (AvgIpc) is 3.03. The van der Waals surface area contributed by atoms with Crippen molar-refractivity contribution in [2.45, 2.75) is 18.9 Å². The summed E-state index contributed by atoms with van der Waals surface area (Å²) in [6, 6.07) is 11.4. The molecule has 4 rings (SSSR count). The van der Waals surface area contributed by atoms with Crippen LogP contribution >= 0.6 is 34.8 Å². The first-order valence-electron chi connectivity index (χ1n) is 10.7. The molecule has 10 heteroatoms. The van der Waals surface area contributed by atoms with Gasteiger partial charge in [0, 0.05) is 24.3 Å². The van der Waals surface area contributed by atoms with Gasteiger partial charge in [-0.3, -0.25) is 14.4 Å². The number of hydrogen-bond donors (Lipinski definition) is 1. The first-order valence-corrected chi connectivity index (χ1v) is 11.9. The molecule has 1 N–H and O–H groups in total. The molecule has 178 valence electrons. The maximum atomic E-state index is 13.1. The van der Waals surface area contributed by atoms with E-state index in [1.54, 1.807) is 29.2 Å². The van der Waals surface area contributed by atoms with Crippen LogP contribution < -0.4 is 10.2 Å². The summed E-state index contributed by atoms with van der Waals surface area (Å²) in [6.45, 7) is 1.89. The molecule has 0 aliphatic carbocycles. The second-order valence-electron chi connectivity index (χ2n) is 8.39. The van der Waals surface area contributed by atoms with Crippen molar-refractivity contribution in [2.75, 3.05) is 37.4 Å². The summed E-state index contributed by atoms with van der Waals surface area (Å²) in [5.74, 6) is -1.42. The van der Waals surface area contributed by atoms with Crippen molar-refractivity contribution in [3.05, 3.63) is 68.8 Å². The number of carbonyl (C=O) groups excluding carboxylic acids is 3. The summed E-state index contributed by atoms with van der Waals surface area (Å²) in [7, 11) is 3.89. The number of piperidine rings is 1. The highest BCUT2D eigenvalue weighted by atomic mass is 35.5. The summed E-state index contributed by atoms with van der Waals surface area (Å²) in [6.07, 6.45) is 1.83. The van der Waals surface area contributed by atoms with E-state index in [-0.39, 0.29) is 33.4 Å². The second-order valence-corrected chi connectivity index (χ2v) is 9.58. The number of halogens is 3. The zero-order chi connectivity index (χ0) is 24.6. The first-order chi connectivity index (χ1) is 16.2. The van der Waals surface area contributed by atoms with Gasteiger partial charge in [0.1, 0.15) is 10.7 Å². The van der Waals surface area contributed by atoms with E-state index in [0.717, 1.165) is 30.8 Å². The number of carbonyl (C=O) groups is 3. The van der Waals surface area contributed by atoms with Crippen LogP contribution in [0, 0.1) is 0 Å². The number of likely N-dealkylation sites (tertiary alicyclic amines) is 1. The number of benzene rings is 2. The summed E-state index contributed by atoms with van der Waals surface area (Å²) in [5.41, 5.74) is 1.11. The highest BCUT2D eigenvalue weighted by Gasteiger charge is 2.39.